The molecule has 21 heavy (non-hydrogen) atoms. The first-order chi connectivity index (χ1) is 10.1. The molecule has 0 amide bonds. The van der Waals surface area contributed by atoms with Crippen LogP contribution < -0.4 is 11.1 Å². The number of aromatic nitrogens is 3. The van der Waals surface area contributed by atoms with Gasteiger partial charge in [-0.1, -0.05) is 30.3 Å². The van der Waals surface area contributed by atoms with Crippen molar-refractivity contribution in [2.75, 3.05) is 5.43 Å². The minimum absolute atomic E-state index is 0.220. The molecule has 2 aromatic carbocycles. The summed E-state index contributed by atoms with van der Waals surface area (Å²) >= 11 is 0. The Bertz CT molecular complexity index is 818. The van der Waals surface area contributed by atoms with Gasteiger partial charge >= 0.3 is 5.69 Å². The number of rotatable bonds is 3. The first-order valence-corrected chi connectivity index (χ1v) is 6.73. The van der Waals surface area contributed by atoms with E-state index in [-0.39, 0.29) is 5.69 Å². The largest absolute Gasteiger partial charge is 0.369 e. The number of benzene rings is 2. The summed E-state index contributed by atoms with van der Waals surface area (Å²) in [5.41, 5.74) is 5.53. The highest BCUT2D eigenvalue weighted by Crippen LogP contribution is 2.09. The highest BCUT2D eigenvalue weighted by atomic mass is 16.2. The molecule has 0 aliphatic heterocycles. The van der Waals surface area contributed by atoms with Crippen LogP contribution in [-0.2, 0) is 0 Å². The van der Waals surface area contributed by atoms with E-state index in [1.54, 1.807) is 6.92 Å². The van der Waals surface area contributed by atoms with E-state index in [9.17, 15) is 4.79 Å². The molecule has 0 saturated carbocycles. The van der Waals surface area contributed by atoms with Crippen molar-refractivity contribution in [3.05, 3.63) is 76.5 Å². The number of hydrogen-bond donors (Lipinski definition) is 1. The molecular formula is C16H16N4O. The molecule has 0 atom stereocenters. The summed E-state index contributed by atoms with van der Waals surface area (Å²) in [7, 11) is 0. The summed E-state index contributed by atoms with van der Waals surface area (Å²) in [6.07, 6.45) is 0. The molecule has 0 unspecified atom stereocenters. The van der Waals surface area contributed by atoms with Gasteiger partial charge < -0.3 is 0 Å². The third-order valence-corrected chi connectivity index (χ3v) is 3.20. The van der Waals surface area contributed by atoms with E-state index in [4.69, 9.17) is 0 Å². The van der Waals surface area contributed by atoms with Gasteiger partial charge in [0, 0.05) is 0 Å². The second-order valence-electron chi connectivity index (χ2n) is 4.89. The van der Waals surface area contributed by atoms with Crippen LogP contribution in [0.2, 0.25) is 0 Å². The Morgan fingerprint density at radius 3 is 2.48 bits per heavy atom. The van der Waals surface area contributed by atoms with Crippen LogP contribution in [0, 0.1) is 13.8 Å². The maximum atomic E-state index is 12.5. The molecule has 0 bridgehead atoms. The predicted molar refractivity (Wildman–Crippen MR) is 82.8 cm³/mol. The van der Waals surface area contributed by atoms with Crippen molar-refractivity contribution < 1.29 is 0 Å². The molecule has 0 spiro atoms. The topological polar surface area (TPSA) is 51.9 Å². The Hall–Kier alpha value is -2.82. The van der Waals surface area contributed by atoms with Crippen molar-refractivity contribution in [2.24, 2.45) is 0 Å². The summed E-state index contributed by atoms with van der Waals surface area (Å²) in [4.78, 5) is 12.5. The highest BCUT2D eigenvalue weighted by molar-refractivity contribution is 5.42. The Morgan fingerprint density at radius 2 is 1.76 bits per heavy atom. The van der Waals surface area contributed by atoms with Crippen molar-refractivity contribution in [1.29, 1.82) is 0 Å². The van der Waals surface area contributed by atoms with Crippen molar-refractivity contribution in [3.63, 3.8) is 0 Å². The van der Waals surface area contributed by atoms with Crippen LogP contribution in [-0.4, -0.2) is 14.5 Å². The fraction of sp³-hybridized carbons (Fsp3) is 0.125. The van der Waals surface area contributed by atoms with Gasteiger partial charge in [0.2, 0.25) is 0 Å². The molecule has 1 aromatic heterocycles. The third-order valence-electron chi connectivity index (χ3n) is 3.20. The van der Waals surface area contributed by atoms with Gasteiger partial charge in [0.05, 0.1) is 11.4 Å². The van der Waals surface area contributed by atoms with E-state index in [0.717, 1.165) is 16.9 Å². The van der Waals surface area contributed by atoms with Crippen molar-refractivity contribution in [1.82, 2.24) is 14.5 Å². The van der Waals surface area contributed by atoms with Crippen LogP contribution in [0.25, 0.3) is 5.69 Å². The monoisotopic (exact) mass is 280 g/mol. The Kier molecular flexibility index (Phi) is 3.31. The maximum Gasteiger partial charge on any atom is 0.369 e. The van der Waals surface area contributed by atoms with Gasteiger partial charge in [-0.15, -0.1) is 5.10 Å². The molecule has 0 fully saturated rings. The standard InChI is InChI=1S/C16H16N4O/c1-12-7-6-10-15(11-12)20-16(21)19(13(2)17-20)18-14-8-4-3-5-9-14/h3-11,18H,1-2H3. The number of aryl methyl sites for hydroxylation is 2. The van der Waals surface area contributed by atoms with Crippen molar-refractivity contribution >= 4 is 5.69 Å². The Balaban J connectivity index is 2.03. The minimum Gasteiger partial charge on any atom is -0.289 e. The molecule has 0 aliphatic carbocycles. The van der Waals surface area contributed by atoms with Crippen LogP contribution in [0.5, 0.6) is 0 Å². The van der Waals surface area contributed by atoms with Crippen LogP contribution in [0.4, 0.5) is 5.69 Å². The number of nitrogens with zero attached hydrogens (tertiary/aromatic N) is 3. The molecule has 5 nitrogen and oxygen atoms in total. The highest BCUT2D eigenvalue weighted by Gasteiger charge is 2.11. The van der Waals surface area contributed by atoms with Crippen molar-refractivity contribution in [3.8, 4) is 5.69 Å². The van der Waals surface area contributed by atoms with Gasteiger partial charge in [-0.2, -0.15) is 9.36 Å². The molecule has 1 N–H and O–H groups in total. The second-order valence-corrected chi connectivity index (χ2v) is 4.89. The predicted octanol–water partition coefficient (Wildman–Crippen LogP) is 2.53. The zero-order chi connectivity index (χ0) is 14.8. The first-order valence-electron chi connectivity index (χ1n) is 6.73. The van der Waals surface area contributed by atoms with E-state index in [1.165, 1.54) is 9.36 Å². The molecule has 3 aromatic rings. The molecule has 0 radical (unpaired) electrons. The molecule has 5 heteroatoms. The maximum absolute atomic E-state index is 12.5. The van der Waals surface area contributed by atoms with Crippen LogP contribution in [0.15, 0.2) is 59.4 Å². The van der Waals surface area contributed by atoms with Gasteiger partial charge in [-0.3, -0.25) is 5.43 Å². The SMILES string of the molecule is Cc1cccc(-n2nc(C)n(Nc3ccccc3)c2=O)c1. The van der Waals surface area contributed by atoms with Gasteiger partial charge in [0.25, 0.3) is 0 Å². The lowest BCUT2D eigenvalue weighted by Crippen LogP contribution is -2.28. The van der Waals surface area contributed by atoms with Gasteiger partial charge in [0.15, 0.2) is 5.82 Å². The van der Waals surface area contributed by atoms with E-state index in [0.29, 0.717) is 5.82 Å². The van der Waals surface area contributed by atoms with Gasteiger partial charge in [-0.25, -0.2) is 4.79 Å². The van der Waals surface area contributed by atoms with Crippen LogP contribution >= 0.6 is 0 Å². The van der Waals surface area contributed by atoms with E-state index < -0.39 is 0 Å². The molecule has 0 aliphatic rings. The number of para-hydroxylation sites is 1. The third kappa shape index (κ3) is 2.58. The number of hydrogen-bond acceptors (Lipinski definition) is 3. The van der Waals surface area contributed by atoms with Gasteiger partial charge in [0.1, 0.15) is 0 Å². The van der Waals surface area contributed by atoms with E-state index in [2.05, 4.69) is 10.5 Å². The Labute approximate surface area is 122 Å². The second kappa shape index (κ2) is 5.28. The summed E-state index contributed by atoms with van der Waals surface area (Å²) in [6, 6.07) is 17.2. The molecule has 3 rings (SSSR count). The van der Waals surface area contributed by atoms with Crippen molar-refractivity contribution in [2.45, 2.75) is 13.8 Å². The quantitative estimate of drug-likeness (QED) is 0.802. The average molecular weight is 280 g/mol. The van der Waals surface area contributed by atoms with E-state index >= 15 is 0 Å². The summed E-state index contributed by atoms with van der Waals surface area (Å²) in [5.74, 6) is 0.602. The molecule has 0 saturated heterocycles. The summed E-state index contributed by atoms with van der Waals surface area (Å²) in [5, 5.41) is 4.32. The van der Waals surface area contributed by atoms with Gasteiger partial charge in [-0.05, 0) is 43.7 Å². The fourth-order valence-electron chi connectivity index (χ4n) is 2.16. The minimum atomic E-state index is -0.220. The zero-order valence-electron chi connectivity index (χ0n) is 11.9. The van der Waals surface area contributed by atoms with E-state index in [1.807, 2.05) is 61.5 Å². The summed E-state index contributed by atoms with van der Waals surface area (Å²) in [6.45, 7) is 3.78. The molecule has 1 heterocycles. The molecule has 106 valence electrons. The lowest BCUT2D eigenvalue weighted by atomic mass is 10.2. The van der Waals surface area contributed by atoms with Crippen LogP contribution in [0.3, 0.4) is 0 Å². The lowest BCUT2D eigenvalue weighted by molar-refractivity contribution is 0.812. The summed E-state index contributed by atoms with van der Waals surface area (Å²) < 4.78 is 2.84. The smallest absolute Gasteiger partial charge is 0.289 e. The molecular weight excluding hydrogens is 264 g/mol. The normalized spacial score (nSPS) is 10.6. The van der Waals surface area contributed by atoms with Crippen LogP contribution in [0.1, 0.15) is 11.4 Å². The lowest BCUT2D eigenvalue weighted by Gasteiger charge is -2.06. The fourth-order valence-corrected chi connectivity index (χ4v) is 2.16. The average Bonchev–Trinajstić information content (AvgIpc) is 2.76. The Morgan fingerprint density at radius 1 is 1.00 bits per heavy atom. The number of nitrogens with one attached hydrogen (secondary N) is 1. The zero-order valence-corrected chi connectivity index (χ0v) is 11.9. The number of anilines is 1. The first kappa shape index (κ1) is 13.2.